The molecule has 0 radical (unpaired) electrons. The molecule has 2 N–H and O–H groups in total. The van der Waals surface area contributed by atoms with Gasteiger partial charge in [0.2, 0.25) is 0 Å². The topological polar surface area (TPSA) is 29.3 Å². The van der Waals surface area contributed by atoms with Crippen molar-refractivity contribution in [2.24, 2.45) is 5.73 Å². The summed E-state index contributed by atoms with van der Waals surface area (Å²) >= 11 is 0. The van der Waals surface area contributed by atoms with Crippen LogP contribution in [0, 0.1) is 0 Å². The van der Waals surface area contributed by atoms with Gasteiger partial charge in [0, 0.05) is 18.1 Å². The van der Waals surface area contributed by atoms with Crippen LogP contribution in [0.5, 0.6) is 0 Å². The lowest BCUT2D eigenvalue weighted by Crippen LogP contribution is -2.43. The number of nitrogens with zero attached hydrogens (tertiary/aromatic N) is 1. The van der Waals surface area contributed by atoms with E-state index in [0.29, 0.717) is 12.1 Å². The van der Waals surface area contributed by atoms with Gasteiger partial charge in [-0.3, -0.25) is 4.90 Å². The summed E-state index contributed by atoms with van der Waals surface area (Å²) < 4.78 is 0. The van der Waals surface area contributed by atoms with Gasteiger partial charge in [-0.05, 0) is 32.7 Å². The molecule has 2 atom stereocenters. The van der Waals surface area contributed by atoms with E-state index in [1.54, 1.807) is 0 Å². The van der Waals surface area contributed by atoms with Crippen molar-refractivity contribution in [3.8, 4) is 0 Å². The van der Waals surface area contributed by atoms with Gasteiger partial charge in [0.1, 0.15) is 0 Å². The Balaban J connectivity index is 1.91. The smallest absolute Gasteiger partial charge is 0.0247 e. The molecule has 0 amide bonds. The van der Waals surface area contributed by atoms with Gasteiger partial charge in [0.05, 0.1) is 0 Å². The molecule has 2 aliphatic carbocycles. The minimum absolute atomic E-state index is 0.459. The molecule has 0 aromatic carbocycles. The third-order valence-corrected chi connectivity index (χ3v) is 3.18. The summed E-state index contributed by atoms with van der Waals surface area (Å²) in [4.78, 5) is 2.51. The Morgan fingerprint density at radius 1 is 1.18 bits per heavy atom. The molecule has 2 heteroatoms. The van der Waals surface area contributed by atoms with Crippen molar-refractivity contribution in [1.29, 1.82) is 0 Å². The lowest BCUT2D eigenvalue weighted by atomic mass is 10.1. The van der Waals surface area contributed by atoms with Crippen molar-refractivity contribution in [3.05, 3.63) is 0 Å². The van der Waals surface area contributed by atoms with E-state index < -0.39 is 0 Å². The fourth-order valence-electron chi connectivity index (χ4n) is 2.23. The average Bonchev–Trinajstić information content (AvgIpc) is 2.74. The van der Waals surface area contributed by atoms with E-state index in [0.717, 1.165) is 6.04 Å². The maximum Gasteiger partial charge on any atom is 0.0247 e. The second kappa shape index (κ2) is 2.76. The highest BCUT2D eigenvalue weighted by Crippen LogP contribution is 2.32. The van der Waals surface area contributed by atoms with Crippen LogP contribution in [0.25, 0.3) is 0 Å². The van der Waals surface area contributed by atoms with Gasteiger partial charge in [-0.2, -0.15) is 0 Å². The van der Waals surface area contributed by atoms with Crippen LogP contribution >= 0.6 is 0 Å². The standard InChI is InChI=1S/C9H18N2/c1-11(7-5-6-7)9-4-2-3-8(9)10/h7-9H,2-6,10H2,1H3. The second-order valence-corrected chi connectivity index (χ2v) is 4.06. The first-order chi connectivity index (χ1) is 5.29. The molecule has 2 nitrogen and oxygen atoms in total. The van der Waals surface area contributed by atoms with Crippen molar-refractivity contribution in [2.45, 2.75) is 50.2 Å². The molecule has 2 unspecified atom stereocenters. The molecule has 0 aromatic rings. The van der Waals surface area contributed by atoms with Crippen molar-refractivity contribution < 1.29 is 0 Å². The Hall–Kier alpha value is -0.0800. The maximum atomic E-state index is 6.00. The monoisotopic (exact) mass is 154 g/mol. The van der Waals surface area contributed by atoms with Gasteiger partial charge in [-0.25, -0.2) is 0 Å². The average molecular weight is 154 g/mol. The van der Waals surface area contributed by atoms with Crippen LogP contribution in [0.4, 0.5) is 0 Å². The maximum absolute atomic E-state index is 6.00. The molecule has 0 aliphatic heterocycles. The predicted molar refractivity (Wildman–Crippen MR) is 46.4 cm³/mol. The number of rotatable bonds is 2. The Labute approximate surface area is 68.7 Å². The first-order valence-electron chi connectivity index (χ1n) is 4.76. The predicted octanol–water partition coefficient (Wildman–Crippen LogP) is 0.960. The van der Waals surface area contributed by atoms with Crippen molar-refractivity contribution in [2.75, 3.05) is 7.05 Å². The second-order valence-electron chi connectivity index (χ2n) is 4.06. The Morgan fingerprint density at radius 2 is 1.91 bits per heavy atom. The number of nitrogens with two attached hydrogens (primary N) is 1. The minimum Gasteiger partial charge on any atom is -0.326 e. The van der Waals surface area contributed by atoms with Gasteiger partial charge in [0.25, 0.3) is 0 Å². The highest BCUT2D eigenvalue weighted by Gasteiger charge is 2.35. The molecule has 11 heavy (non-hydrogen) atoms. The molecule has 0 heterocycles. The van der Waals surface area contributed by atoms with Gasteiger partial charge in [-0.15, -0.1) is 0 Å². The fraction of sp³-hybridized carbons (Fsp3) is 1.00. The van der Waals surface area contributed by atoms with E-state index in [-0.39, 0.29) is 0 Å². The molecule has 2 rings (SSSR count). The molecule has 2 saturated carbocycles. The van der Waals surface area contributed by atoms with Crippen LogP contribution < -0.4 is 5.73 Å². The van der Waals surface area contributed by atoms with Gasteiger partial charge in [0.15, 0.2) is 0 Å². The zero-order chi connectivity index (χ0) is 7.84. The quantitative estimate of drug-likeness (QED) is 0.642. The van der Waals surface area contributed by atoms with Crippen LogP contribution in [0.15, 0.2) is 0 Å². The fourth-order valence-corrected chi connectivity index (χ4v) is 2.23. The number of hydrogen-bond donors (Lipinski definition) is 1. The molecule has 0 bridgehead atoms. The summed E-state index contributed by atoms with van der Waals surface area (Å²) in [6.07, 6.45) is 6.71. The van der Waals surface area contributed by atoms with Crippen LogP contribution in [0.2, 0.25) is 0 Å². The highest BCUT2D eigenvalue weighted by atomic mass is 15.2. The summed E-state index contributed by atoms with van der Waals surface area (Å²) in [5.74, 6) is 0. The van der Waals surface area contributed by atoms with E-state index in [4.69, 9.17) is 5.73 Å². The molecule has 0 spiro atoms. The zero-order valence-corrected chi connectivity index (χ0v) is 7.29. The zero-order valence-electron chi connectivity index (χ0n) is 7.29. The summed E-state index contributed by atoms with van der Waals surface area (Å²) in [6.45, 7) is 0. The molecular weight excluding hydrogens is 136 g/mol. The van der Waals surface area contributed by atoms with Crippen LogP contribution in [0.1, 0.15) is 32.1 Å². The first-order valence-corrected chi connectivity index (χ1v) is 4.76. The minimum atomic E-state index is 0.459. The third kappa shape index (κ3) is 1.42. The van der Waals surface area contributed by atoms with E-state index >= 15 is 0 Å². The lowest BCUT2D eigenvalue weighted by Gasteiger charge is -2.27. The normalized spacial score (nSPS) is 38.5. The van der Waals surface area contributed by atoms with E-state index in [1.807, 2.05) is 0 Å². The van der Waals surface area contributed by atoms with Gasteiger partial charge in [-0.1, -0.05) is 6.42 Å². The highest BCUT2D eigenvalue weighted by molar-refractivity contribution is 4.93. The van der Waals surface area contributed by atoms with Crippen LogP contribution in [-0.2, 0) is 0 Å². The molecule has 2 aliphatic rings. The SMILES string of the molecule is CN(C1CC1)C1CCCC1N. The molecular formula is C9H18N2. The van der Waals surface area contributed by atoms with E-state index in [2.05, 4.69) is 11.9 Å². The van der Waals surface area contributed by atoms with Gasteiger partial charge >= 0.3 is 0 Å². The Kier molecular flexibility index (Phi) is 1.90. The number of likely N-dealkylation sites (N-methyl/N-ethyl adjacent to an activating group) is 1. The molecule has 0 aromatic heterocycles. The Morgan fingerprint density at radius 3 is 2.36 bits per heavy atom. The van der Waals surface area contributed by atoms with Crippen LogP contribution in [-0.4, -0.2) is 30.1 Å². The first kappa shape index (κ1) is 7.56. The van der Waals surface area contributed by atoms with E-state index in [9.17, 15) is 0 Å². The summed E-state index contributed by atoms with van der Waals surface area (Å²) in [6, 6.07) is 2.03. The summed E-state index contributed by atoms with van der Waals surface area (Å²) in [5, 5.41) is 0. The van der Waals surface area contributed by atoms with Crippen molar-refractivity contribution >= 4 is 0 Å². The third-order valence-electron chi connectivity index (χ3n) is 3.18. The van der Waals surface area contributed by atoms with Crippen LogP contribution in [0.3, 0.4) is 0 Å². The summed E-state index contributed by atoms with van der Waals surface area (Å²) in [5.41, 5.74) is 6.00. The lowest BCUT2D eigenvalue weighted by molar-refractivity contribution is 0.219. The molecule has 0 saturated heterocycles. The van der Waals surface area contributed by atoms with Gasteiger partial charge < -0.3 is 5.73 Å². The molecule has 2 fully saturated rings. The van der Waals surface area contributed by atoms with Crippen molar-refractivity contribution in [1.82, 2.24) is 4.90 Å². The summed E-state index contributed by atoms with van der Waals surface area (Å²) in [7, 11) is 2.24. The molecule has 64 valence electrons. The largest absolute Gasteiger partial charge is 0.326 e. The number of hydrogen-bond acceptors (Lipinski definition) is 2. The van der Waals surface area contributed by atoms with Crippen molar-refractivity contribution in [3.63, 3.8) is 0 Å². The van der Waals surface area contributed by atoms with E-state index in [1.165, 1.54) is 32.1 Å². The Bertz CT molecular complexity index is 142.